The van der Waals surface area contributed by atoms with Gasteiger partial charge < -0.3 is 0 Å². The first-order valence-corrected chi connectivity index (χ1v) is 10.00. The van der Waals surface area contributed by atoms with Crippen LogP contribution in [0.25, 0.3) is 27.5 Å². The van der Waals surface area contributed by atoms with Gasteiger partial charge in [-0.25, -0.2) is 4.39 Å². The van der Waals surface area contributed by atoms with Crippen LogP contribution < -0.4 is 0 Å². The maximum absolute atomic E-state index is 14.8. The van der Waals surface area contributed by atoms with Crippen molar-refractivity contribution < 1.29 is 4.39 Å². The second-order valence-corrected chi connectivity index (χ2v) is 7.71. The van der Waals surface area contributed by atoms with Gasteiger partial charge in [-0.15, -0.1) is 10.2 Å². The van der Waals surface area contributed by atoms with Crippen molar-refractivity contribution >= 4 is 16.3 Å². The molecule has 0 saturated heterocycles. The van der Waals surface area contributed by atoms with Gasteiger partial charge in [0.2, 0.25) is 4.96 Å². The van der Waals surface area contributed by atoms with Crippen LogP contribution in [0.2, 0.25) is 0 Å². The van der Waals surface area contributed by atoms with E-state index in [9.17, 15) is 4.39 Å². The highest BCUT2D eigenvalue weighted by atomic mass is 32.1. The Kier molecular flexibility index (Phi) is 4.37. The van der Waals surface area contributed by atoms with Crippen molar-refractivity contribution in [2.24, 2.45) is 0 Å². The monoisotopic (exact) mass is 401 g/mol. The minimum absolute atomic E-state index is 0.0636. The lowest BCUT2D eigenvalue weighted by Crippen LogP contribution is -1.99. The maximum atomic E-state index is 14.8. The quantitative estimate of drug-likeness (QED) is 0.415. The summed E-state index contributed by atoms with van der Waals surface area (Å²) in [5.74, 6) is 0.370. The van der Waals surface area contributed by atoms with Crippen LogP contribution in [0.3, 0.4) is 0 Å². The molecular weight excluding hydrogens is 385 g/mol. The first-order valence-electron chi connectivity index (χ1n) is 9.18. The summed E-state index contributed by atoms with van der Waals surface area (Å²) in [5.41, 5.74) is 3.23. The molecular formula is C22H16FN5S. The standard InChI is InChI=1S/C22H16FN5S/c1-14(17-7-8-18(19(23)13-17)15-5-3-2-4-6-15)21-27-28-20(25-26-22(28)29-21)16-9-11-24-12-10-16/h2-14H,1H3/t14-/m1/s1. The Morgan fingerprint density at radius 1 is 0.931 bits per heavy atom. The molecule has 0 unspecified atom stereocenters. The molecule has 0 N–H and O–H groups in total. The molecule has 1 atom stereocenters. The molecule has 3 aromatic heterocycles. The van der Waals surface area contributed by atoms with Gasteiger partial charge in [0.25, 0.3) is 0 Å². The van der Waals surface area contributed by atoms with E-state index in [1.807, 2.05) is 61.5 Å². The normalized spacial score (nSPS) is 12.3. The van der Waals surface area contributed by atoms with E-state index in [2.05, 4.69) is 15.2 Å². The first kappa shape index (κ1) is 17.6. The summed E-state index contributed by atoms with van der Waals surface area (Å²) >= 11 is 1.46. The average molecular weight is 401 g/mol. The number of nitrogens with zero attached hydrogens (tertiary/aromatic N) is 5. The van der Waals surface area contributed by atoms with Crippen LogP contribution >= 0.6 is 11.3 Å². The van der Waals surface area contributed by atoms with Crippen LogP contribution in [0, 0.1) is 5.82 Å². The topological polar surface area (TPSA) is 56.0 Å². The fourth-order valence-corrected chi connectivity index (χ4v) is 4.20. The molecule has 0 aliphatic rings. The first-order chi connectivity index (χ1) is 14.2. The highest BCUT2D eigenvalue weighted by Gasteiger charge is 2.19. The minimum atomic E-state index is -0.235. The van der Waals surface area contributed by atoms with Crippen molar-refractivity contribution in [3.63, 3.8) is 0 Å². The van der Waals surface area contributed by atoms with E-state index in [1.165, 1.54) is 11.3 Å². The Hall–Kier alpha value is -3.45. The maximum Gasteiger partial charge on any atom is 0.234 e. The summed E-state index contributed by atoms with van der Waals surface area (Å²) in [6.45, 7) is 2.02. The van der Waals surface area contributed by atoms with Gasteiger partial charge in [-0.05, 0) is 29.3 Å². The molecule has 5 rings (SSSR count). The number of rotatable bonds is 4. The fourth-order valence-electron chi connectivity index (χ4n) is 3.28. The zero-order valence-corrected chi connectivity index (χ0v) is 16.3. The second kappa shape index (κ2) is 7.18. The predicted molar refractivity (Wildman–Crippen MR) is 111 cm³/mol. The Bertz CT molecular complexity index is 1280. The SMILES string of the molecule is C[C@H](c1ccc(-c2ccccc2)c(F)c1)c1nn2c(-c3ccncc3)nnc2s1. The summed E-state index contributed by atoms with van der Waals surface area (Å²) in [7, 11) is 0. The Morgan fingerprint density at radius 3 is 2.48 bits per heavy atom. The van der Waals surface area contributed by atoms with Crippen LogP contribution in [0.5, 0.6) is 0 Å². The average Bonchev–Trinajstić information content (AvgIpc) is 3.35. The Balaban J connectivity index is 1.49. The van der Waals surface area contributed by atoms with Crippen molar-refractivity contribution in [1.82, 2.24) is 24.8 Å². The third kappa shape index (κ3) is 3.19. The summed E-state index contributed by atoms with van der Waals surface area (Å²) in [6, 6.07) is 18.7. The van der Waals surface area contributed by atoms with Gasteiger partial charge in [-0.1, -0.05) is 60.7 Å². The van der Waals surface area contributed by atoms with Crippen molar-refractivity contribution in [3.05, 3.63) is 89.4 Å². The third-order valence-corrected chi connectivity index (χ3v) is 5.97. The van der Waals surface area contributed by atoms with Crippen molar-refractivity contribution in [1.29, 1.82) is 0 Å². The molecule has 0 bridgehead atoms. The zero-order valence-electron chi connectivity index (χ0n) is 15.5. The molecule has 0 fully saturated rings. The molecule has 0 aliphatic carbocycles. The number of benzene rings is 2. The number of fused-ring (bicyclic) bond motifs is 1. The molecule has 0 aliphatic heterocycles. The molecule has 2 aromatic carbocycles. The molecule has 0 radical (unpaired) electrons. The van der Waals surface area contributed by atoms with Crippen molar-refractivity contribution in [3.8, 4) is 22.5 Å². The lowest BCUT2D eigenvalue weighted by Gasteiger charge is -2.11. The number of hydrogen-bond donors (Lipinski definition) is 0. The van der Waals surface area contributed by atoms with Crippen LogP contribution in [0.1, 0.15) is 23.4 Å². The van der Waals surface area contributed by atoms with Gasteiger partial charge in [0.1, 0.15) is 10.8 Å². The van der Waals surface area contributed by atoms with Gasteiger partial charge in [-0.2, -0.15) is 9.61 Å². The van der Waals surface area contributed by atoms with Crippen LogP contribution in [0.4, 0.5) is 4.39 Å². The van der Waals surface area contributed by atoms with Crippen LogP contribution in [0.15, 0.2) is 73.1 Å². The van der Waals surface area contributed by atoms with Crippen molar-refractivity contribution in [2.45, 2.75) is 12.8 Å². The highest BCUT2D eigenvalue weighted by molar-refractivity contribution is 7.16. The summed E-state index contributed by atoms with van der Waals surface area (Å²) in [4.78, 5) is 4.74. The molecule has 0 spiro atoms. The van der Waals surface area contributed by atoms with E-state index in [-0.39, 0.29) is 11.7 Å². The van der Waals surface area contributed by atoms with Gasteiger partial charge in [0.15, 0.2) is 5.82 Å². The number of pyridine rings is 1. The molecule has 0 saturated carbocycles. The number of halogens is 1. The lowest BCUT2D eigenvalue weighted by atomic mass is 9.97. The van der Waals surface area contributed by atoms with E-state index in [0.29, 0.717) is 16.3 Å². The van der Waals surface area contributed by atoms with Gasteiger partial charge >= 0.3 is 0 Å². The number of hydrogen-bond acceptors (Lipinski definition) is 5. The summed E-state index contributed by atoms with van der Waals surface area (Å²) < 4.78 is 16.5. The molecule has 29 heavy (non-hydrogen) atoms. The smallest absolute Gasteiger partial charge is 0.234 e. The zero-order chi connectivity index (χ0) is 19.8. The van der Waals surface area contributed by atoms with Gasteiger partial charge in [0, 0.05) is 29.4 Å². The van der Waals surface area contributed by atoms with E-state index in [1.54, 1.807) is 23.0 Å². The minimum Gasteiger partial charge on any atom is -0.265 e. The highest BCUT2D eigenvalue weighted by Crippen LogP contribution is 2.32. The predicted octanol–water partition coefficient (Wildman–Crippen LogP) is 5.21. The number of aromatic nitrogens is 5. The van der Waals surface area contributed by atoms with Crippen LogP contribution in [-0.2, 0) is 0 Å². The van der Waals surface area contributed by atoms with E-state index in [4.69, 9.17) is 5.10 Å². The Morgan fingerprint density at radius 2 is 1.72 bits per heavy atom. The summed E-state index contributed by atoms with van der Waals surface area (Å²) in [6.07, 6.45) is 3.42. The van der Waals surface area contributed by atoms with Crippen LogP contribution in [-0.4, -0.2) is 24.8 Å². The van der Waals surface area contributed by atoms with Gasteiger partial charge in [-0.3, -0.25) is 4.98 Å². The largest absolute Gasteiger partial charge is 0.265 e. The molecule has 5 nitrogen and oxygen atoms in total. The molecule has 0 amide bonds. The molecule has 3 heterocycles. The Labute approximate surface area is 170 Å². The summed E-state index contributed by atoms with van der Waals surface area (Å²) in [5, 5.41) is 14.0. The van der Waals surface area contributed by atoms with E-state index < -0.39 is 0 Å². The second-order valence-electron chi connectivity index (χ2n) is 6.72. The fraction of sp³-hybridized carbons (Fsp3) is 0.0909. The van der Waals surface area contributed by atoms with Crippen molar-refractivity contribution in [2.75, 3.05) is 0 Å². The van der Waals surface area contributed by atoms with E-state index in [0.717, 1.165) is 21.7 Å². The van der Waals surface area contributed by atoms with E-state index >= 15 is 0 Å². The molecule has 5 aromatic rings. The lowest BCUT2D eigenvalue weighted by molar-refractivity contribution is 0.627. The van der Waals surface area contributed by atoms with Gasteiger partial charge in [0.05, 0.1) is 0 Å². The third-order valence-electron chi connectivity index (χ3n) is 4.89. The molecule has 142 valence electrons. The molecule has 7 heteroatoms.